The molecule has 0 radical (unpaired) electrons. The van der Waals surface area contributed by atoms with Crippen molar-refractivity contribution in [3.63, 3.8) is 0 Å². The third kappa shape index (κ3) is 5.99. The number of rotatable bonds is 8. The van der Waals surface area contributed by atoms with Crippen molar-refractivity contribution in [2.45, 2.75) is 17.4 Å². The van der Waals surface area contributed by atoms with Crippen LogP contribution < -0.4 is 10.0 Å². The van der Waals surface area contributed by atoms with Crippen LogP contribution >= 0.6 is 0 Å². The van der Waals surface area contributed by atoms with E-state index < -0.39 is 33.8 Å². The van der Waals surface area contributed by atoms with Crippen molar-refractivity contribution < 1.29 is 27.1 Å². The van der Waals surface area contributed by atoms with E-state index in [2.05, 4.69) is 14.8 Å². The summed E-state index contributed by atoms with van der Waals surface area (Å²) in [6, 6.07) is 18.1. The van der Waals surface area contributed by atoms with Gasteiger partial charge < -0.3 is 10.1 Å². The van der Waals surface area contributed by atoms with Crippen molar-refractivity contribution >= 4 is 27.6 Å². The molecule has 0 spiro atoms. The fourth-order valence-electron chi connectivity index (χ4n) is 2.94. The summed E-state index contributed by atoms with van der Waals surface area (Å²) in [6.45, 7) is 0. The number of carbonyl (C=O) groups excluding carboxylic acids is 2. The first kappa shape index (κ1) is 23.1. The standard InChI is InChI=1S/C23H21FN2O5S/c1-31-23(28)17-7-11-19(12-8-17)25-22(27)21(15-16-5-3-2-4-6-16)26-32(29,30)20-13-9-18(24)10-14-20/h2-14,21,26H,15H2,1H3,(H,25,27)/t21-/m0/s1. The van der Waals surface area contributed by atoms with Crippen molar-refractivity contribution in [1.82, 2.24) is 4.72 Å². The van der Waals surface area contributed by atoms with Crippen molar-refractivity contribution in [3.05, 3.63) is 95.8 Å². The number of ether oxygens (including phenoxy) is 1. The minimum atomic E-state index is -4.09. The second-order valence-electron chi connectivity index (χ2n) is 6.88. The molecule has 7 nitrogen and oxygen atoms in total. The Labute approximate surface area is 185 Å². The van der Waals surface area contributed by atoms with Gasteiger partial charge in [0.15, 0.2) is 0 Å². The van der Waals surface area contributed by atoms with E-state index in [-0.39, 0.29) is 11.3 Å². The molecule has 0 saturated carbocycles. The number of hydrogen-bond donors (Lipinski definition) is 2. The van der Waals surface area contributed by atoms with Gasteiger partial charge in [0.25, 0.3) is 0 Å². The number of anilines is 1. The molecular weight excluding hydrogens is 435 g/mol. The quantitative estimate of drug-likeness (QED) is 0.507. The molecule has 32 heavy (non-hydrogen) atoms. The molecule has 0 aromatic heterocycles. The zero-order valence-electron chi connectivity index (χ0n) is 17.1. The van der Waals surface area contributed by atoms with Gasteiger partial charge in [0, 0.05) is 5.69 Å². The summed E-state index contributed by atoms with van der Waals surface area (Å²) in [5.41, 5.74) is 1.43. The largest absolute Gasteiger partial charge is 0.465 e. The van der Waals surface area contributed by atoms with Crippen LogP contribution in [-0.2, 0) is 26.0 Å². The fourth-order valence-corrected chi connectivity index (χ4v) is 4.14. The van der Waals surface area contributed by atoms with E-state index in [1.165, 1.54) is 31.4 Å². The van der Waals surface area contributed by atoms with Crippen LogP contribution in [0.15, 0.2) is 83.8 Å². The Morgan fingerprint density at radius 2 is 1.56 bits per heavy atom. The lowest BCUT2D eigenvalue weighted by Gasteiger charge is -2.19. The minimum Gasteiger partial charge on any atom is -0.465 e. The van der Waals surface area contributed by atoms with Crippen molar-refractivity contribution in [2.75, 3.05) is 12.4 Å². The molecule has 3 aromatic carbocycles. The number of halogens is 1. The zero-order valence-corrected chi connectivity index (χ0v) is 17.9. The molecule has 0 aliphatic carbocycles. The molecule has 0 bridgehead atoms. The maximum atomic E-state index is 13.2. The lowest BCUT2D eigenvalue weighted by molar-refractivity contribution is -0.117. The van der Waals surface area contributed by atoms with Gasteiger partial charge in [-0.1, -0.05) is 30.3 Å². The SMILES string of the molecule is COC(=O)c1ccc(NC(=O)[C@H](Cc2ccccc2)NS(=O)(=O)c2ccc(F)cc2)cc1. The first-order valence-electron chi connectivity index (χ1n) is 9.59. The summed E-state index contributed by atoms with van der Waals surface area (Å²) in [6.07, 6.45) is 0.0906. The molecule has 1 atom stereocenters. The van der Waals surface area contributed by atoms with Gasteiger partial charge in [-0.05, 0) is 60.5 Å². The molecule has 0 aliphatic heterocycles. The van der Waals surface area contributed by atoms with E-state index in [1.807, 2.05) is 6.07 Å². The fraction of sp³-hybridized carbons (Fsp3) is 0.130. The van der Waals surface area contributed by atoms with Crippen LogP contribution in [0.3, 0.4) is 0 Å². The summed E-state index contributed by atoms with van der Waals surface area (Å²) in [4.78, 5) is 24.4. The third-order valence-corrected chi connectivity index (χ3v) is 6.08. The number of hydrogen-bond acceptors (Lipinski definition) is 5. The summed E-state index contributed by atoms with van der Waals surface area (Å²) >= 11 is 0. The van der Waals surface area contributed by atoms with Gasteiger partial charge in [-0.25, -0.2) is 17.6 Å². The number of esters is 1. The van der Waals surface area contributed by atoms with Crippen LogP contribution in [0.5, 0.6) is 0 Å². The van der Waals surface area contributed by atoms with Gasteiger partial charge in [-0.2, -0.15) is 4.72 Å². The molecule has 166 valence electrons. The number of benzene rings is 3. The summed E-state index contributed by atoms with van der Waals surface area (Å²) < 4.78 is 45.8. The van der Waals surface area contributed by atoms with E-state index in [0.717, 1.165) is 29.8 Å². The van der Waals surface area contributed by atoms with Crippen molar-refractivity contribution in [3.8, 4) is 0 Å². The lowest BCUT2D eigenvalue weighted by Crippen LogP contribution is -2.45. The average molecular weight is 456 g/mol. The molecule has 3 aromatic rings. The highest BCUT2D eigenvalue weighted by atomic mass is 32.2. The number of nitrogens with one attached hydrogen (secondary N) is 2. The predicted octanol–water partition coefficient (Wildman–Crippen LogP) is 3.14. The Hall–Kier alpha value is -3.56. The van der Waals surface area contributed by atoms with E-state index in [4.69, 9.17) is 0 Å². The van der Waals surface area contributed by atoms with Crippen LogP contribution in [-0.4, -0.2) is 33.4 Å². The molecule has 0 fully saturated rings. The highest BCUT2D eigenvalue weighted by molar-refractivity contribution is 7.89. The molecule has 0 aliphatic rings. The van der Waals surface area contributed by atoms with E-state index in [9.17, 15) is 22.4 Å². The Morgan fingerprint density at radius 1 is 0.938 bits per heavy atom. The highest BCUT2D eigenvalue weighted by Gasteiger charge is 2.26. The van der Waals surface area contributed by atoms with E-state index >= 15 is 0 Å². The number of sulfonamides is 1. The zero-order chi connectivity index (χ0) is 23.1. The Kier molecular flexibility index (Phi) is 7.34. The Morgan fingerprint density at radius 3 is 2.16 bits per heavy atom. The minimum absolute atomic E-state index is 0.0906. The Balaban J connectivity index is 1.82. The first-order valence-corrected chi connectivity index (χ1v) is 11.1. The Bertz CT molecular complexity index is 1180. The summed E-state index contributed by atoms with van der Waals surface area (Å²) in [5, 5.41) is 2.65. The van der Waals surface area contributed by atoms with E-state index in [1.54, 1.807) is 24.3 Å². The maximum Gasteiger partial charge on any atom is 0.337 e. The molecular formula is C23H21FN2O5S. The topological polar surface area (TPSA) is 102 Å². The van der Waals surface area contributed by atoms with Crippen molar-refractivity contribution in [2.24, 2.45) is 0 Å². The molecule has 0 heterocycles. The van der Waals surface area contributed by atoms with Gasteiger partial charge >= 0.3 is 5.97 Å². The lowest BCUT2D eigenvalue weighted by atomic mass is 10.1. The maximum absolute atomic E-state index is 13.2. The normalized spacial score (nSPS) is 12.1. The second kappa shape index (κ2) is 10.2. The second-order valence-corrected chi connectivity index (χ2v) is 8.59. The van der Waals surface area contributed by atoms with Gasteiger partial charge in [0.1, 0.15) is 11.9 Å². The van der Waals surface area contributed by atoms with Crippen LogP contribution in [0, 0.1) is 5.82 Å². The number of carbonyl (C=O) groups is 2. The van der Waals surface area contributed by atoms with Gasteiger partial charge in [0.05, 0.1) is 17.6 Å². The van der Waals surface area contributed by atoms with Gasteiger partial charge in [0.2, 0.25) is 15.9 Å². The van der Waals surface area contributed by atoms with Crippen molar-refractivity contribution in [1.29, 1.82) is 0 Å². The van der Waals surface area contributed by atoms with Gasteiger partial charge in [-0.3, -0.25) is 4.79 Å². The highest BCUT2D eigenvalue weighted by Crippen LogP contribution is 2.15. The molecule has 3 rings (SSSR count). The molecule has 0 saturated heterocycles. The monoisotopic (exact) mass is 456 g/mol. The van der Waals surface area contributed by atoms with Crippen LogP contribution in [0.1, 0.15) is 15.9 Å². The van der Waals surface area contributed by atoms with Crippen LogP contribution in [0.2, 0.25) is 0 Å². The van der Waals surface area contributed by atoms with E-state index in [0.29, 0.717) is 11.3 Å². The number of amides is 1. The summed E-state index contributed by atoms with van der Waals surface area (Å²) in [7, 11) is -2.83. The molecule has 9 heteroatoms. The van der Waals surface area contributed by atoms with Crippen LogP contribution in [0.4, 0.5) is 10.1 Å². The molecule has 1 amide bonds. The van der Waals surface area contributed by atoms with Crippen LogP contribution in [0.25, 0.3) is 0 Å². The van der Waals surface area contributed by atoms with Gasteiger partial charge in [-0.15, -0.1) is 0 Å². The molecule has 0 unspecified atom stereocenters. The summed E-state index contributed by atoms with van der Waals surface area (Å²) in [5.74, 6) is -1.68. The number of methoxy groups -OCH3 is 1. The third-order valence-electron chi connectivity index (χ3n) is 4.59. The molecule has 2 N–H and O–H groups in total. The predicted molar refractivity (Wildman–Crippen MR) is 117 cm³/mol. The average Bonchev–Trinajstić information content (AvgIpc) is 2.79. The first-order chi connectivity index (χ1) is 15.3. The smallest absolute Gasteiger partial charge is 0.337 e.